The minimum Gasteiger partial charge on any atom is -0.385 e. The van der Waals surface area contributed by atoms with Gasteiger partial charge in [0.1, 0.15) is 0 Å². The largest absolute Gasteiger partial charge is 0.385 e. The minimum absolute atomic E-state index is 0.619. The van der Waals surface area contributed by atoms with Crippen LogP contribution in [-0.2, 0) is 5.60 Å². The highest BCUT2D eigenvalue weighted by Gasteiger charge is 2.35. The molecule has 0 atom stereocenters. The van der Waals surface area contributed by atoms with Crippen LogP contribution < -0.4 is 0 Å². The Morgan fingerprint density at radius 3 is 2.79 bits per heavy atom. The lowest BCUT2D eigenvalue weighted by molar-refractivity contribution is -0.0139. The summed E-state index contributed by atoms with van der Waals surface area (Å²) in [5.41, 5.74) is 1.62. The van der Waals surface area contributed by atoms with Crippen molar-refractivity contribution in [1.29, 1.82) is 0 Å². The monoisotopic (exact) mass is 257 g/mol. The lowest BCUT2D eigenvalue weighted by atomic mass is 9.73. The number of nitrogens with one attached hydrogen (secondary N) is 1. The number of H-pyrrole nitrogens is 1. The molecule has 0 bridgehead atoms. The second kappa shape index (κ2) is 5.01. The average Bonchev–Trinajstić information content (AvgIpc) is 2.90. The fraction of sp³-hybridized carbons (Fsp3) is 0.529. The van der Waals surface area contributed by atoms with E-state index in [1.807, 2.05) is 12.3 Å². The van der Waals surface area contributed by atoms with Crippen LogP contribution in [0.4, 0.5) is 0 Å². The molecule has 1 aromatic heterocycles. The Morgan fingerprint density at radius 1 is 1.26 bits per heavy atom. The van der Waals surface area contributed by atoms with Crippen LogP contribution in [0.15, 0.2) is 30.5 Å². The Labute approximate surface area is 114 Å². The van der Waals surface area contributed by atoms with E-state index in [-0.39, 0.29) is 0 Å². The van der Waals surface area contributed by atoms with Crippen molar-refractivity contribution < 1.29 is 5.11 Å². The first-order valence-corrected chi connectivity index (χ1v) is 7.52. The molecule has 2 heteroatoms. The van der Waals surface area contributed by atoms with Crippen LogP contribution in [0.25, 0.3) is 10.9 Å². The molecule has 1 aliphatic rings. The number of rotatable bonds is 3. The van der Waals surface area contributed by atoms with Gasteiger partial charge in [0.2, 0.25) is 0 Å². The van der Waals surface area contributed by atoms with Gasteiger partial charge < -0.3 is 10.1 Å². The van der Waals surface area contributed by atoms with Gasteiger partial charge in [0.25, 0.3) is 0 Å². The fourth-order valence-electron chi connectivity index (χ4n) is 3.61. The highest BCUT2D eigenvalue weighted by atomic mass is 16.3. The maximum Gasteiger partial charge on any atom is 0.0903 e. The van der Waals surface area contributed by atoms with Crippen LogP contribution in [0.5, 0.6) is 0 Å². The van der Waals surface area contributed by atoms with E-state index in [2.05, 4.69) is 30.1 Å². The van der Waals surface area contributed by atoms with E-state index in [1.54, 1.807) is 0 Å². The van der Waals surface area contributed by atoms with Gasteiger partial charge in [0.15, 0.2) is 0 Å². The van der Waals surface area contributed by atoms with Gasteiger partial charge in [0.05, 0.1) is 5.60 Å². The number of aliphatic hydroxyl groups is 1. The molecule has 1 aliphatic carbocycles. The van der Waals surface area contributed by atoms with Crippen LogP contribution in [0.3, 0.4) is 0 Å². The first-order chi connectivity index (χ1) is 9.23. The summed E-state index contributed by atoms with van der Waals surface area (Å²) in [7, 11) is 0. The van der Waals surface area contributed by atoms with Gasteiger partial charge in [-0.25, -0.2) is 0 Å². The summed E-state index contributed by atoms with van der Waals surface area (Å²) in [5, 5.41) is 12.2. The molecule has 19 heavy (non-hydrogen) atoms. The summed E-state index contributed by atoms with van der Waals surface area (Å²) in [6.07, 6.45) is 8.65. The third kappa shape index (κ3) is 2.30. The summed E-state index contributed by atoms with van der Waals surface area (Å²) in [6.45, 7) is 2.25. The quantitative estimate of drug-likeness (QED) is 0.842. The van der Waals surface area contributed by atoms with Gasteiger partial charge in [-0.3, -0.25) is 0 Å². The Hall–Kier alpha value is -1.28. The van der Waals surface area contributed by atoms with Crippen molar-refractivity contribution in [3.8, 4) is 0 Å². The Bertz CT molecular complexity index is 549. The third-order valence-electron chi connectivity index (χ3n) is 4.73. The van der Waals surface area contributed by atoms with Crippen molar-refractivity contribution in [3.05, 3.63) is 36.0 Å². The molecule has 0 spiro atoms. The minimum atomic E-state index is -0.619. The predicted octanol–water partition coefficient (Wildman–Crippen LogP) is 4.35. The Balaban J connectivity index is 1.87. The molecular weight excluding hydrogens is 234 g/mol. The molecule has 1 aromatic carbocycles. The number of aromatic nitrogens is 1. The van der Waals surface area contributed by atoms with Gasteiger partial charge in [-0.15, -0.1) is 0 Å². The molecule has 3 rings (SSSR count). The predicted molar refractivity (Wildman–Crippen MR) is 79.1 cm³/mol. The lowest BCUT2D eigenvalue weighted by Gasteiger charge is -2.37. The summed E-state index contributed by atoms with van der Waals surface area (Å²) in [5.74, 6) is 0.815. The Kier molecular flexibility index (Phi) is 3.36. The molecule has 0 unspecified atom stereocenters. The summed E-state index contributed by atoms with van der Waals surface area (Å²) in [6, 6.07) is 8.30. The second-order valence-corrected chi connectivity index (χ2v) is 6.01. The van der Waals surface area contributed by atoms with Gasteiger partial charge in [-0.2, -0.15) is 0 Å². The molecule has 2 nitrogen and oxygen atoms in total. The van der Waals surface area contributed by atoms with E-state index in [1.165, 1.54) is 18.2 Å². The Morgan fingerprint density at radius 2 is 2.05 bits per heavy atom. The van der Waals surface area contributed by atoms with Crippen molar-refractivity contribution in [1.82, 2.24) is 4.98 Å². The van der Waals surface area contributed by atoms with Gasteiger partial charge >= 0.3 is 0 Å². The molecule has 1 saturated carbocycles. The summed E-state index contributed by atoms with van der Waals surface area (Å²) in [4.78, 5) is 3.23. The lowest BCUT2D eigenvalue weighted by Crippen LogP contribution is -2.31. The zero-order valence-corrected chi connectivity index (χ0v) is 11.7. The van der Waals surface area contributed by atoms with Crippen molar-refractivity contribution in [2.24, 2.45) is 5.92 Å². The van der Waals surface area contributed by atoms with Gasteiger partial charge in [-0.1, -0.05) is 31.9 Å². The maximum absolute atomic E-state index is 11.0. The molecule has 2 aromatic rings. The zero-order valence-electron chi connectivity index (χ0n) is 11.7. The van der Waals surface area contributed by atoms with Crippen molar-refractivity contribution >= 4 is 10.9 Å². The zero-order chi connectivity index (χ0) is 13.3. The van der Waals surface area contributed by atoms with Crippen molar-refractivity contribution in [2.45, 2.75) is 51.0 Å². The van der Waals surface area contributed by atoms with Crippen LogP contribution >= 0.6 is 0 Å². The van der Waals surface area contributed by atoms with Crippen LogP contribution in [0.2, 0.25) is 0 Å². The van der Waals surface area contributed by atoms with Gasteiger partial charge in [-0.05, 0) is 49.3 Å². The molecule has 0 amide bonds. The second-order valence-electron chi connectivity index (χ2n) is 6.01. The van der Waals surface area contributed by atoms with E-state index in [0.29, 0.717) is 0 Å². The fourth-order valence-corrected chi connectivity index (χ4v) is 3.61. The van der Waals surface area contributed by atoms with E-state index < -0.39 is 5.60 Å². The van der Waals surface area contributed by atoms with E-state index in [4.69, 9.17) is 0 Å². The highest BCUT2D eigenvalue weighted by molar-refractivity contribution is 5.83. The molecule has 0 saturated heterocycles. The van der Waals surface area contributed by atoms with Gasteiger partial charge in [0, 0.05) is 17.1 Å². The first-order valence-electron chi connectivity index (χ1n) is 7.52. The highest BCUT2D eigenvalue weighted by Crippen LogP contribution is 2.42. The molecule has 102 valence electrons. The van der Waals surface area contributed by atoms with E-state index in [9.17, 15) is 5.11 Å². The third-order valence-corrected chi connectivity index (χ3v) is 4.73. The number of aromatic amines is 1. The van der Waals surface area contributed by atoms with Crippen molar-refractivity contribution in [2.75, 3.05) is 0 Å². The van der Waals surface area contributed by atoms with E-state index >= 15 is 0 Å². The van der Waals surface area contributed by atoms with Crippen LogP contribution in [-0.4, -0.2) is 10.1 Å². The van der Waals surface area contributed by atoms with Crippen molar-refractivity contribution in [3.63, 3.8) is 0 Å². The molecule has 1 heterocycles. The normalized spacial score (nSPS) is 27.8. The summed E-state index contributed by atoms with van der Waals surface area (Å²) < 4.78 is 0. The molecular formula is C17H23NO. The molecule has 2 N–H and O–H groups in total. The molecule has 1 fully saturated rings. The number of fused-ring (bicyclic) bond motifs is 1. The van der Waals surface area contributed by atoms with Crippen LogP contribution in [0, 0.1) is 5.92 Å². The number of hydrogen-bond acceptors (Lipinski definition) is 1. The maximum atomic E-state index is 11.0. The van der Waals surface area contributed by atoms with E-state index in [0.717, 1.165) is 42.7 Å². The topological polar surface area (TPSA) is 36.0 Å². The number of benzene rings is 1. The molecule has 0 radical (unpaired) electrons. The number of hydrogen-bond donors (Lipinski definition) is 2. The van der Waals surface area contributed by atoms with Crippen LogP contribution in [0.1, 0.15) is 51.0 Å². The average molecular weight is 257 g/mol. The SMILES string of the molecule is CCCC1CCC(O)(c2cccc3[nH]ccc23)CC1. The standard InChI is InChI=1S/C17H23NO/c1-2-4-13-7-10-17(19,11-8-13)15-5-3-6-16-14(15)9-12-18-16/h3,5-6,9,12-13,18-19H,2,4,7-8,10-11H2,1H3. The first kappa shape index (κ1) is 12.7. The smallest absolute Gasteiger partial charge is 0.0903 e. The molecule has 0 aliphatic heterocycles. The summed E-state index contributed by atoms with van der Waals surface area (Å²) >= 11 is 0.